The van der Waals surface area contributed by atoms with Crippen LogP contribution in [0.4, 0.5) is 4.39 Å². The van der Waals surface area contributed by atoms with Crippen LogP contribution in [0, 0.1) is 5.82 Å². The number of aryl methyl sites for hydroxylation is 1. The zero-order valence-corrected chi connectivity index (χ0v) is 15.3. The van der Waals surface area contributed by atoms with Crippen LogP contribution in [0.15, 0.2) is 35.3 Å². The number of pyridine rings is 1. The second-order valence-electron chi connectivity index (χ2n) is 7.31. The fourth-order valence-electron chi connectivity index (χ4n) is 3.77. The van der Waals surface area contributed by atoms with Crippen molar-refractivity contribution >= 4 is 16.8 Å². The molecule has 1 atom stereocenters. The Morgan fingerprint density at radius 3 is 2.96 bits per heavy atom. The highest BCUT2D eigenvalue weighted by Gasteiger charge is 2.25. The van der Waals surface area contributed by atoms with E-state index in [-0.39, 0.29) is 29.1 Å². The lowest BCUT2D eigenvalue weighted by Gasteiger charge is -2.25. The number of H-pyrrole nitrogens is 1. The highest BCUT2D eigenvalue weighted by atomic mass is 19.1. The van der Waals surface area contributed by atoms with Gasteiger partial charge in [0.2, 0.25) is 5.56 Å². The molecule has 1 aliphatic carbocycles. The van der Waals surface area contributed by atoms with Crippen LogP contribution in [0.1, 0.15) is 47.9 Å². The molecule has 0 spiro atoms. The van der Waals surface area contributed by atoms with Crippen LogP contribution in [0.5, 0.6) is 0 Å². The van der Waals surface area contributed by atoms with Gasteiger partial charge < -0.3 is 10.3 Å². The third kappa shape index (κ3) is 3.25. The maximum atomic E-state index is 13.7. The standard InChI is InChI=1S/C20H21FN4O2/c1-11(2)25-18-8-14(5-3-12(18)10-22-25)23-20(27)16-9-19(26)24-17-6-4-13(21)7-15(16)17/h4,6-7,9-11,14H,3,5,8H2,1-2H3,(H,23,27)(H,24,26). The summed E-state index contributed by atoms with van der Waals surface area (Å²) in [5.74, 6) is -0.812. The lowest BCUT2D eigenvalue weighted by Crippen LogP contribution is -2.39. The van der Waals surface area contributed by atoms with Crippen molar-refractivity contribution in [3.63, 3.8) is 0 Å². The molecule has 0 saturated carbocycles. The summed E-state index contributed by atoms with van der Waals surface area (Å²) in [5.41, 5.74) is 2.61. The summed E-state index contributed by atoms with van der Waals surface area (Å²) >= 11 is 0. The first-order valence-electron chi connectivity index (χ1n) is 9.11. The van der Waals surface area contributed by atoms with Crippen molar-refractivity contribution in [2.75, 3.05) is 0 Å². The van der Waals surface area contributed by atoms with Crippen molar-refractivity contribution in [1.82, 2.24) is 20.1 Å². The number of amides is 1. The molecule has 3 aromatic rings. The van der Waals surface area contributed by atoms with Gasteiger partial charge in [-0.2, -0.15) is 5.10 Å². The van der Waals surface area contributed by atoms with Gasteiger partial charge in [-0.1, -0.05) is 0 Å². The van der Waals surface area contributed by atoms with Gasteiger partial charge in [0.05, 0.1) is 11.8 Å². The zero-order chi connectivity index (χ0) is 19.1. The lowest BCUT2D eigenvalue weighted by molar-refractivity contribution is 0.0934. The number of hydrogen-bond acceptors (Lipinski definition) is 3. The predicted molar refractivity (Wildman–Crippen MR) is 100 cm³/mol. The number of aromatic amines is 1. The van der Waals surface area contributed by atoms with E-state index in [0.717, 1.165) is 18.5 Å². The molecule has 2 aromatic heterocycles. The molecular formula is C20H21FN4O2. The van der Waals surface area contributed by atoms with Gasteiger partial charge in [0.25, 0.3) is 5.91 Å². The van der Waals surface area contributed by atoms with Gasteiger partial charge in [-0.3, -0.25) is 14.3 Å². The van der Waals surface area contributed by atoms with E-state index in [1.807, 2.05) is 10.9 Å². The van der Waals surface area contributed by atoms with E-state index >= 15 is 0 Å². The summed E-state index contributed by atoms with van der Waals surface area (Å²) < 4.78 is 15.6. The van der Waals surface area contributed by atoms with E-state index in [1.165, 1.54) is 29.8 Å². The van der Waals surface area contributed by atoms with Crippen molar-refractivity contribution in [2.45, 2.75) is 45.2 Å². The number of carbonyl (C=O) groups is 1. The molecule has 1 amide bonds. The molecule has 1 aliphatic rings. The van der Waals surface area contributed by atoms with Gasteiger partial charge >= 0.3 is 0 Å². The topological polar surface area (TPSA) is 79.8 Å². The monoisotopic (exact) mass is 368 g/mol. The molecule has 27 heavy (non-hydrogen) atoms. The molecule has 6 nitrogen and oxygen atoms in total. The Morgan fingerprint density at radius 1 is 1.37 bits per heavy atom. The molecule has 4 rings (SSSR count). The fraction of sp³-hybridized carbons (Fsp3) is 0.350. The second-order valence-corrected chi connectivity index (χ2v) is 7.31. The summed E-state index contributed by atoms with van der Waals surface area (Å²) in [6, 6.07) is 5.42. The molecule has 7 heteroatoms. The van der Waals surface area contributed by atoms with Gasteiger partial charge in [-0.05, 0) is 50.5 Å². The van der Waals surface area contributed by atoms with Gasteiger partial charge in [0.1, 0.15) is 5.82 Å². The molecule has 1 aromatic carbocycles. The number of benzene rings is 1. The van der Waals surface area contributed by atoms with Crippen molar-refractivity contribution in [2.24, 2.45) is 0 Å². The average molecular weight is 368 g/mol. The van der Waals surface area contributed by atoms with Crippen LogP contribution in [0.2, 0.25) is 0 Å². The van der Waals surface area contributed by atoms with Crippen LogP contribution in [-0.2, 0) is 12.8 Å². The fourth-order valence-corrected chi connectivity index (χ4v) is 3.77. The van der Waals surface area contributed by atoms with Crippen LogP contribution in [0.3, 0.4) is 0 Å². The maximum absolute atomic E-state index is 13.7. The minimum absolute atomic E-state index is 0.0536. The van der Waals surface area contributed by atoms with Crippen molar-refractivity contribution in [3.05, 3.63) is 63.5 Å². The van der Waals surface area contributed by atoms with E-state index in [9.17, 15) is 14.0 Å². The first-order valence-corrected chi connectivity index (χ1v) is 9.11. The molecular weight excluding hydrogens is 347 g/mol. The third-order valence-corrected chi connectivity index (χ3v) is 5.06. The van der Waals surface area contributed by atoms with Crippen LogP contribution in [0.25, 0.3) is 10.9 Å². The number of rotatable bonds is 3. The molecule has 0 fully saturated rings. The van der Waals surface area contributed by atoms with E-state index in [4.69, 9.17) is 0 Å². The van der Waals surface area contributed by atoms with Gasteiger partial charge in [0.15, 0.2) is 0 Å². The Bertz CT molecular complexity index is 1080. The Balaban J connectivity index is 1.62. The third-order valence-electron chi connectivity index (χ3n) is 5.06. The van der Waals surface area contributed by atoms with Crippen molar-refractivity contribution < 1.29 is 9.18 Å². The van der Waals surface area contributed by atoms with Gasteiger partial charge in [0, 0.05) is 41.2 Å². The highest BCUT2D eigenvalue weighted by molar-refractivity contribution is 6.06. The van der Waals surface area contributed by atoms with Crippen LogP contribution >= 0.6 is 0 Å². The number of carbonyl (C=O) groups excluding carboxylic acids is 1. The second kappa shape index (κ2) is 6.64. The molecule has 2 heterocycles. The van der Waals surface area contributed by atoms with E-state index in [1.54, 1.807) is 0 Å². The Hall–Kier alpha value is -2.96. The summed E-state index contributed by atoms with van der Waals surface area (Å²) in [7, 11) is 0. The molecule has 0 bridgehead atoms. The molecule has 0 radical (unpaired) electrons. The highest BCUT2D eigenvalue weighted by Crippen LogP contribution is 2.24. The predicted octanol–water partition coefficient (Wildman–Crippen LogP) is 2.73. The molecule has 140 valence electrons. The van der Waals surface area contributed by atoms with E-state index in [0.29, 0.717) is 17.3 Å². The maximum Gasteiger partial charge on any atom is 0.252 e. The summed E-state index contributed by atoms with van der Waals surface area (Å²) in [5, 5.41) is 7.86. The summed E-state index contributed by atoms with van der Waals surface area (Å²) in [4.78, 5) is 27.4. The lowest BCUT2D eigenvalue weighted by atomic mass is 9.93. The first-order chi connectivity index (χ1) is 12.9. The van der Waals surface area contributed by atoms with E-state index in [2.05, 4.69) is 29.2 Å². The number of halogens is 1. The van der Waals surface area contributed by atoms with Gasteiger partial charge in [-0.25, -0.2) is 4.39 Å². The van der Waals surface area contributed by atoms with Gasteiger partial charge in [-0.15, -0.1) is 0 Å². The minimum atomic E-state index is -0.452. The Labute approximate surface area is 155 Å². The Morgan fingerprint density at radius 2 is 2.19 bits per heavy atom. The summed E-state index contributed by atoms with van der Waals surface area (Å²) in [6.45, 7) is 4.15. The number of nitrogens with zero attached hydrogens (tertiary/aromatic N) is 2. The van der Waals surface area contributed by atoms with Crippen LogP contribution in [-0.4, -0.2) is 26.7 Å². The number of fused-ring (bicyclic) bond motifs is 2. The minimum Gasteiger partial charge on any atom is -0.349 e. The number of hydrogen-bond donors (Lipinski definition) is 2. The number of aromatic nitrogens is 3. The average Bonchev–Trinajstić information content (AvgIpc) is 3.05. The molecule has 1 unspecified atom stereocenters. The largest absolute Gasteiger partial charge is 0.349 e. The first kappa shape index (κ1) is 17.5. The quantitative estimate of drug-likeness (QED) is 0.746. The summed E-state index contributed by atoms with van der Waals surface area (Å²) in [6.07, 6.45) is 4.24. The normalized spacial score (nSPS) is 16.5. The molecule has 0 saturated heterocycles. The molecule has 0 aliphatic heterocycles. The van der Waals surface area contributed by atoms with E-state index < -0.39 is 5.82 Å². The smallest absolute Gasteiger partial charge is 0.252 e. The zero-order valence-electron chi connectivity index (χ0n) is 15.3. The number of nitrogens with one attached hydrogen (secondary N) is 2. The van der Waals surface area contributed by atoms with Crippen molar-refractivity contribution in [1.29, 1.82) is 0 Å². The molecule has 2 N–H and O–H groups in total. The van der Waals surface area contributed by atoms with Crippen molar-refractivity contribution in [3.8, 4) is 0 Å². The Kier molecular flexibility index (Phi) is 4.30. The SMILES string of the molecule is CC(C)n1ncc2c1CC(NC(=O)c1cc(=O)[nH]c3ccc(F)cc13)CC2. The van der Waals surface area contributed by atoms with Crippen LogP contribution < -0.4 is 10.9 Å².